The molecule has 5 nitrogen and oxygen atoms in total. The van der Waals surface area contributed by atoms with Gasteiger partial charge in [0, 0.05) is 13.1 Å². The molecule has 2 rings (SSSR count). The molecule has 0 radical (unpaired) electrons. The maximum atomic E-state index is 12.2. The predicted octanol–water partition coefficient (Wildman–Crippen LogP) is -0.525. The smallest absolute Gasteiger partial charge is 0.245 e. The number of hydrogen-bond donors (Lipinski definition) is 2. The molecule has 5 heteroatoms. The van der Waals surface area contributed by atoms with Gasteiger partial charge < -0.3 is 15.5 Å². The molecule has 90 valence electrons. The van der Waals surface area contributed by atoms with Gasteiger partial charge in [-0.15, -0.1) is 0 Å². The van der Waals surface area contributed by atoms with Crippen LogP contribution in [0, 0.1) is 0 Å². The van der Waals surface area contributed by atoms with E-state index in [2.05, 4.69) is 10.6 Å². The first-order valence-corrected chi connectivity index (χ1v) is 5.86. The van der Waals surface area contributed by atoms with E-state index in [1.165, 1.54) is 0 Å². The first kappa shape index (κ1) is 11.4. The zero-order chi connectivity index (χ0) is 11.8. The molecule has 0 aromatic heterocycles. The molecule has 2 aliphatic heterocycles. The summed E-state index contributed by atoms with van der Waals surface area (Å²) in [5.74, 6) is 0.00227. The number of nitrogens with one attached hydrogen (secondary N) is 2. The fourth-order valence-electron chi connectivity index (χ4n) is 2.37. The van der Waals surface area contributed by atoms with Crippen molar-refractivity contribution in [1.29, 1.82) is 0 Å². The van der Waals surface area contributed by atoms with Crippen LogP contribution in [0.5, 0.6) is 0 Å². The van der Waals surface area contributed by atoms with Gasteiger partial charge in [-0.2, -0.15) is 0 Å². The lowest BCUT2D eigenvalue weighted by atomic mass is 9.97. The molecule has 2 aliphatic rings. The van der Waals surface area contributed by atoms with Gasteiger partial charge in [0.25, 0.3) is 0 Å². The molecule has 1 atom stereocenters. The van der Waals surface area contributed by atoms with Gasteiger partial charge in [0.15, 0.2) is 0 Å². The maximum absolute atomic E-state index is 12.2. The van der Waals surface area contributed by atoms with E-state index in [0.29, 0.717) is 13.1 Å². The van der Waals surface area contributed by atoms with Crippen molar-refractivity contribution >= 4 is 11.8 Å². The lowest BCUT2D eigenvalue weighted by molar-refractivity contribution is -0.150. The van der Waals surface area contributed by atoms with E-state index < -0.39 is 5.54 Å². The van der Waals surface area contributed by atoms with Crippen molar-refractivity contribution < 1.29 is 9.59 Å². The Labute approximate surface area is 95.6 Å². The molecule has 0 spiro atoms. The summed E-state index contributed by atoms with van der Waals surface area (Å²) in [7, 11) is 0. The van der Waals surface area contributed by atoms with Gasteiger partial charge in [0.05, 0.1) is 6.04 Å². The highest BCUT2D eigenvalue weighted by Crippen LogP contribution is 2.20. The van der Waals surface area contributed by atoms with Crippen LogP contribution in [0.1, 0.15) is 26.7 Å². The Balaban J connectivity index is 2.12. The SMILES string of the molecule is CC1(C)C(=O)NCCN1C(=O)C1CCCN1. The van der Waals surface area contributed by atoms with Crippen LogP contribution in [-0.2, 0) is 9.59 Å². The second-order valence-corrected chi connectivity index (χ2v) is 4.95. The van der Waals surface area contributed by atoms with E-state index in [4.69, 9.17) is 0 Å². The van der Waals surface area contributed by atoms with E-state index in [-0.39, 0.29) is 17.9 Å². The summed E-state index contributed by atoms with van der Waals surface area (Å²) in [5.41, 5.74) is -0.723. The third-order valence-electron chi connectivity index (χ3n) is 3.48. The number of piperazine rings is 1. The van der Waals surface area contributed by atoms with Gasteiger partial charge in [0.1, 0.15) is 5.54 Å². The van der Waals surface area contributed by atoms with E-state index in [9.17, 15) is 9.59 Å². The van der Waals surface area contributed by atoms with Gasteiger partial charge in [-0.1, -0.05) is 0 Å². The molecule has 0 saturated carbocycles. The highest BCUT2D eigenvalue weighted by molar-refractivity contribution is 5.93. The van der Waals surface area contributed by atoms with Crippen LogP contribution in [0.2, 0.25) is 0 Å². The Morgan fingerprint density at radius 3 is 2.81 bits per heavy atom. The predicted molar refractivity (Wildman–Crippen MR) is 59.8 cm³/mol. The van der Waals surface area contributed by atoms with Crippen LogP contribution in [0.3, 0.4) is 0 Å². The zero-order valence-corrected chi connectivity index (χ0v) is 9.88. The Morgan fingerprint density at radius 1 is 1.44 bits per heavy atom. The lowest BCUT2D eigenvalue weighted by Gasteiger charge is -2.42. The van der Waals surface area contributed by atoms with Gasteiger partial charge >= 0.3 is 0 Å². The summed E-state index contributed by atoms with van der Waals surface area (Å²) in [6.45, 7) is 5.66. The Bertz CT molecular complexity index is 308. The third-order valence-corrected chi connectivity index (χ3v) is 3.48. The van der Waals surface area contributed by atoms with Crippen molar-refractivity contribution in [2.75, 3.05) is 19.6 Å². The van der Waals surface area contributed by atoms with Crippen molar-refractivity contribution in [2.45, 2.75) is 38.3 Å². The van der Waals surface area contributed by atoms with Crippen LogP contribution in [0.15, 0.2) is 0 Å². The zero-order valence-electron chi connectivity index (χ0n) is 9.88. The lowest BCUT2D eigenvalue weighted by Crippen LogP contribution is -2.65. The van der Waals surface area contributed by atoms with Gasteiger partial charge in [0.2, 0.25) is 11.8 Å². The summed E-state index contributed by atoms with van der Waals surface area (Å²) in [6.07, 6.45) is 1.92. The number of carbonyl (C=O) groups is 2. The van der Waals surface area contributed by atoms with Gasteiger partial charge in [-0.05, 0) is 33.2 Å². The van der Waals surface area contributed by atoms with Crippen LogP contribution in [-0.4, -0.2) is 47.9 Å². The van der Waals surface area contributed by atoms with E-state index in [0.717, 1.165) is 19.4 Å². The minimum absolute atomic E-state index is 0.0647. The summed E-state index contributed by atoms with van der Waals surface area (Å²) in [4.78, 5) is 25.7. The summed E-state index contributed by atoms with van der Waals surface area (Å²) in [5, 5.41) is 5.98. The third kappa shape index (κ3) is 1.80. The van der Waals surface area contributed by atoms with E-state index in [1.54, 1.807) is 18.7 Å². The molecule has 1 unspecified atom stereocenters. The summed E-state index contributed by atoms with van der Waals surface area (Å²) < 4.78 is 0. The minimum atomic E-state index is -0.723. The van der Waals surface area contributed by atoms with Crippen molar-refractivity contribution in [3.8, 4) is 0 Å². The molecule has 0 bridgehead atoms. The molecular weight excluding hydrogens is 206 g/mol. The molecule has 0 aliphatic carbocycles. The van der Waals surface area contributed by atoms with Crippen molar-refractivity contribution in [3.05, 3.63) is 0 Å². The van der Waals surface area contributed by atoms with Crippen LogP contribution >= 0.6 is 0 Å². The first-order valence-electron chi connectivity index (χ1n) is 5.86. The standard InChI is InChI=1S/C11H19N3O2/c1-11(2)10(16)13-6-7-14(11)9(15)8-4-3-5-12-8/h8,12H,3-7H2,1-2H3,(H,13,16). The molecule has 0 aromatic rings. The fourth-order valence-corrected chi connectivity index (χ4v) is 2.37. The number of rotatable bonds is 1. The normalized spacial score (nSPS) is 29.0. The molecule has 2 N–H and O–H groups in total. The van der Waals surface area contributed by atoms with Crippen LogP contribution in [0.4, 0.5) is 0 Å². The second kappa shape index (κ2) is 4.05. The largest absolute Gasteiger partial charge is 0.352 e. The highest BCUT2D eigenvalue weighted by Gasteiger charge is 2.42. The van der Waals surface area contributed by atoms with Crippen molar-refractivity contribution in [3.63, 3.8) is 0 Å². The Hall–Kier alpha value is -1.10. The molecular formula is C11H19N3O2. The highest BCUT2D eigenvalue weighted by atomic mass is 16.2. The first-order chi connectivity index (χ1) is 7.53. The quantitative estimate of drug-likeness (QED) is 0.631. The fraction of sp³-hybridized carbons (Fsp3) is 0.818. The average Bonchev–Trinajstić information content (AvgIpc) is 2.74. The number of carbonyl (C=O) groups excluding carboxylic acids is 2. The number of amides is 2. The Kier molecular flexibility index (Phi) is 2.88. The number of hydrogen-bond acceptors (Lipinski definition) is 3. The Morgan fingerprint density at radius 2 is 2.19 bits per heavy atom. The van der Waals surface area contributed by atoms with E-state index in [1.807, 2.05) is 0 Å². The van der Waals surface area contributed by atoms with Crippen molar-refractivity contribution in [2.24, 2.45) is 0 Å². The minimum Gasteiger partial charge on any atom is -0.352 e. The van der Waals surface area contributed by atoms with Gasteiger partial charge in [-0.25, -0.2) is 0 Å². The van der Waals surface area contributed by atoms with Crippen LogP contribution < -0.4 is 10.6 Å². The maximum Gasteiger partial charge on any atom is 0.245 e. The molecule has 2 heterocycles. The average molecular weight is 225 g/mol. The van der Waals surface area contributed by atoms with Crippen LogP contribution in [0.25, 0.3) is 0 Å². The summed E-state index contributed by atoms with van der Waals surface area (Å²) in [6, 6.07) is -0.0924. The van der Waals surface area contributed by atoms with E-state index >= 15 is 0 Å². The monoisotopic (exact) mass is 225 g/mol. The number of nitrogens with zero attached hydrogens (tertiary/aromatic N) is 1. The summed E-state index contributed by atoms with van der Waals surface area (Å²) >= 11 is 0. The molecule has 2 fully saturated rings. The molecule has 16 heavy (non-hydrogen) atoms. The second-order valence-electron chi connectivity index (χ2n) is 4.95. The molecule has 2 saturated heterocycles. The van der Waals surface area contributed by atoms with Crippen molar-refractivity contribution in [1.82, 2.24) is 15.5 Å². The molecule has 0 aromatic carbocycles. The molecule has 2 amide bonds. The van der Waals surface area contributed by atoms with Gasteiger partial charge in [-0.3, -0.25) is 9.59 Å². The topological polar surface area (TPSA) is 61.4 Å².